The molecule has 158 valence electrons. The van der Waals surface area contributed by atoms with Gasteiger partial charge in [0.05, 0.1) is 13.1 Å². The van der Waals surface area contributed by atoms with Gasteiger partial charge in [0.25, 0.3) is 0 Å². The molecule has 1 aliphatic rings. The van der Waals surface area contributed by atoms with Crippen LogP contribution in [0.3, 0.4) is 0 Å². The van der Waals surface area contributed by atoms with Crippen LogP contribution < -0.4 is 10.6 Å². The number of carbonyl (C=O) groups is 1. The van der Waals surface area contributed by atoms with E-state index in [2.05, 4.69) is 50.2 Å². The monoisotopic (exact) mass is 501 g/mol. The molecule has 0 radical (unpaired) electrons. The van der Waals surface area contributed by atoms with Crippen molar-refractivity contribution >= 4 is 41.5 Å². The van der Waals surface area contributed by atoms with Gasteiger partial charge in [0, 0.05) is 29.7 Å². The van der Waals surface area contributed by atoms with Crippen LogP contribution >= 0.6 is 24.0 Å². The molecule has 0 unspecified atom stereocenters. The molecule has 0 spiro atoms. The van der Waals surface area contributed by atoms with Gasteiger partial charge in [0.1, 0.15) is 0 Å². The molecule has 28 heavy (non-hydrogen) atoms. The van der Waals surface area contributed by atoms with E-state index in [0.717, 1.165) is 30.3 Å². The highest BCUT2D eigenvalue weighted by molar-refractivity contribution is 14.0. The topological polar surface area (TPSA) is 60.0 Å². The summed E-state index contributed by atoms with van der Waals surface area (Å²) in [6, 6.07) is 7.90. The first kappa shape index (κ1) is 24.7. The van der Waals surface area contributed by atoms with E-state index in [0.29, 0.717) is 13.1 Å². The van der Waals surface area contributed by atoms with Gasteiger partial charge in [-0.05, 0) is 52.6 Å². The van der Waals surface area contributed by atoms with E-state index >= 15 is 0 Å². The molecule has 0 bridgehead atoms. The van der Waals surface area contributed by atoms with E-state index in [9.17, 15) is 4.79 Å². The molecule has 0 atom stereocenters. The van der Waals surface area contributed by atoms with Crippen LogP contribution in [0.25, 0.3) is 0 Å². The molecule has 7 heteroatoms. The van der Waals surface area contributed by atoms with Crippen molar-refractivity contribution in [3.05, 3.63) is 29.8 Å². The maximum absolute atomic E-state index is 12.0. The first-order valence-corrected chi connectivity index (χ1v) is 9.66. The fourth-order valence-corrected chi connectivity index (χ4v) is 3.20. The number of anilines is 1. The second kappa shape index (κ2) is 9.91. The molecule has 6 nitrogen and oxygen atoms in total. The molecule has 2 rings (SSSR count). The molecule has 0 aromatic heterocycles. The van der Waals surface area contributed by atoms with Crippen molar-refractivity contribution in [1.82, 2.24) is 15.1 Å². The minimum atomic E-state index is -0.0152. The van der Waals surface area contributed by atoms with E-state index in [4.69, 9.17) is 4.99 Å². The van der Waals surface area contributed by atoms with E-state index in [1.807, 2.05) is 43.3 Å². The number of halogens is 1. The highest BCUT2D eigenvalue weighted by Gasteiger charge is 2.53. The molecule has 1 aromatic carbocycles. The molecule has 0 saturated carbocycles. The largest absolute Gasteiger partial charge is 0.356 e. The molecular weight excluding hydrogens is 465 g/mol. The van der Waals surface area contributed by atoms with Crippen molar-refractivity contribution in [2.75, 3.05) is 39.0 Å². The quantitative estimate of drug-likeness (QED) is 0.357. The number of likely N-dealkylation sites (N-methyl/N-ethyl adjacent to an activating group) is 1. The zero-order valence-corrected chi connectivity index (χ0v) is 20.6. The van der Waals surface area contributed by atoms with Gasteiger partial charge in [-0.2, -0.15) is 0 Å². The number of carbonyl (C=O) groups excluding carboxylic acids is 1. The fourth-order valence-electron chi connectivity index (χ4n) is 3.20. The first-order chi connectivity index (χ1) is 12.6. The minimum Gasteiger partial charge on any atom is -0.356 e. The van der Waals surface area contributed by atoms with Crippen LogP contribution in [-0.2, 0) is 11.3 Å². The van der Waals surface area contributed by atoms with Gasteiger partial charge in [-0.1, -0.05) is 26.0 Å². The molecule has 0 aliphatic carbocycles. The summed E-state index contributed by atoms with van der Waals surface area (Å²) in [5.41, 5.74) is 2.21. The number of guanidine groups is 1. The van der Waals surface area contributed by atoms with Gasteiger partial charge in [-0.3, -0.25) is 4.79 Å². The number of amides is 1. The predicted octanol–water partition coefficient (Wildman–Crippen LogP) is 3.39. The number of hydrogen-bond donors (Lipinski definition) is 2. The molecule has 2 N–H and O–H groups in total. The van der Waals surface area contributed by atoms with Crippen molar-refractivity contribution in [3.8, 4) is 0 Å². The van der Waals surface area contributed by atoms with Crippen molar-refractivity contribution in [3.63, 3.8) is 0 Å². The lowest BCUT2D eigenvalue weighted by Crippen LogP contribution is -2.72. The third-order valence-corrected chi connectivity index (χ3v) is 5.56. The second-order valence-corrected chi connectivity index (χ2v) is 8.69. The van der Waals surface area contributed by atoms with Crippen molar-refractivity contribution < 1.29 is 4.79 Å². The number of hydrogen-bond acceptors (Lipinski definition) is 3. The Morgan fingerprint density at radius 1 is 1.25 bits per heavy atom. The van der Waals surface area contributed by atoms with Crippen LogP contribution in [0.5, 0.6) is 0 Å². The zero-order valence-electron chi connectivity index (χ0n) is 18.3. The molecule has 1 aromatic rings. The summed E-state index contributed by atoms with van der Waals surface area (Å²) in [4.78, 5) is 21.0. The summed E-state index contributed by atoms with van der Waals surface area (Å²) in [7, 11) is 3.76. The predicted molar refractivity (Wildman–Crippen MR) is 128 cm³/mol. The van der Waals surface area contributed by atoms with Crippen LogP contribution in [-0.4, -0.2) is 60.9 Å². The maximum Gasteiger partial charge on any atom is 0.238 e. The van der Waals surface area contributed by atoms with Crippen LogP contribution in [0.4, 0.5) is 5.69 Å². The van der Waals surface area contributed by atoms with Crippen molar-refractivity contribution in [1.29, 1.82) is 0 Å². The first-order valence-electron chi connectivity index (χ1n) is 9.66. The van der Waals surface area contributed by atoms with Crippen LogP contribution in [0.15, 0.2) is 29.3 Å². The summed E-state index contributed by atoms with van der Waals surface area (Å²) in [6.07, 6.45) is 0. The Kier molecular flexibility index (Phi) is 8.74. The molecule has 1 aliphatic heterocycles. The normalized spacial score (nSPS) is 17.6. The summed E-state index contributed by atoms with van der Waals surface area (Å²) in [6.45, 7) is 14.0. The summed E-state index contributed by atoms with van der Waals surface area (Å²) in [5, 5.41) is 6.36. The smallest absolute Gasteiger partial charge is 0.238 e. The Hall–Kier alpha value is -1.35. The van der Waals surface area contributed by atoms with Gasteiger partial charge >= 0.3 is 0 Å². The van der Waals surface area contributed by atoms with Crippen LogP contribution in [0, 0.1) is 5.41 Å². The fraction of sp³-hybridized carbons (Fsp3) is 0.619. The number of nitrogens with one attached hydrogen (secondary N) is 2. The lowest BCUT2D eigenvalue weighted by atomic mass is 9.65. The number of aliphatic imine (C=N–C) groups is 1. The standard InChI is InChI=1S/C21H35N5O.HI/c1-8-22-19(26-15-20(2,3)21(26,4)5)23-13-16-10-9-11-17(12-16)24-18(27)14-25(6)7;/h9-12H,8,13-15H2,1-7H3,(H,22,23)(H,24,27);1H. The van der Waals surface area contributed by atoms with E-state index < -0.39 is 0 Å². The summed E-state index contributed by atoms with van der Waals surface area (Å²) in [5.74, 6) is 0.933. The van der Waals surface area contributed by atoms with Crippen LogP contribution in [0.1, 0.15) is 40.2 Å². The van der Waals surface area contributed by atoms with Crippen molar-refractivity contribution in [2.45, 2.75) is 46.7 Å². The average Bonchev–Trinajstić information content (AvgIpc) is 2.56. The third-order valence-electron chi connectivity index (χ3n) is 5.56. The van der Waals surface area contributed by atoms with E-state index in [-0.39, 0.29) is 40.8 Å². The Balaban J connectivity index is 0.00000392. The van der Waals surface area contributed by atoms with Gasteiger partial charge in [0.15, 0.2) is 5.96 Å². The Morgan fingerprint density at radius 2 is 1.93 bits per heavy atom. The Bertz CT molecular complexity index is 700. The second-order valence-electron chi connectivity index (χ2n) is 8.69. The summed E-state index contributed by atoms with van der Waals surface area (Å²) >= 11 is 0. The lowest BCUT2D eigenvalue weighted by Gasteiger charge is -2.62. The van der Waals surface area contributed by atoms with E-state index in [1.165, 1.54) is 0 Å². The lowest BCUT2D eigenvalue weighted by molar-refractivity contribution is -0.116. The number of benzene rings is 1. The van der Waals surface area contributed by atoms with Gasteiger partial charge in [-0.25, -0.2) is 4.99 Å². The van der Waals surface area contributed by atoms with Gasteiger partial charge in [-0.15, -0.1) is 24.0 Å². The molecule has 1 heterocycles. The molecule has 1 fully saturated rings. The van der Waals surface area contributed by atoms with E-state index in [1.54, 1.807) is 0 Å². The van der Waals surface area contributed by atoms with Gasteiger partial charge in [0.2, 0.25) is 5.91 Å². The minimum absolute atomic E-state index is 0. The summed E-state index contributed by atoms with van der Waals surface area (Å²) < 4.78 is 0. The molecular formula is C21H36IN5O. The van der Waals surface area contributed by atoms with Gasteiger partial charge < -0.3 is 20.4 Å². The highest BCUT2D eigenvalue weighted by Crippen LogP contribution is 2.46. The van der Waals surface area contributed by atoms with Crippen LogP contribution in [0.2, 0.25) is 0 Å². The Morgan fingerprint density at radius 3 is 2.46 bits per heavy atom. The van der Waals surface area contributed by atoms with Crippen molar-refractivity contribution in [2.24, 2.45) is 10.4 Å². The highest BCUT2D eigenvalue weighted by atomic mass is 127. The molecule has 1 amide bonds. The number of rotatable bonds is 6. The average molecular weight is 501 g/mol. The third kappa shape index (κ3) is 5.83. The Labute approximate surface area is 187 Å². The zero-order chi connectivity index (χ0) is 20.2. The molecule has 1 saturated heterocycles. The maximum atomic E-state index is 12.0. The SMILES string of the molecule is CCNC(=NCc1cccc(NC(=O)CN(C)C)c1)N1CC(C)(C)C1(C)C.I. The number of likely N-dealkylation sites (tertiary alicyclic amines) is 1. The number of nitrogens with zero attached hydrogens (tertiary/aromatic N) is 3.